The Morgan fingerprint density at radius 2 is 1.53 bits per heavy atom. The van der Waals surface area contributed by atoms with Crippen LogP contribution in [-0.4, -0.2) is 35.4 Å². The molecule has 2 amide bonds. The molecule has 3 aromatic carbocycles. The summed E-state index contributed by atoms with van der Waals surface area (Å²) in [6.45, 7) is 0. The summed E-state index contributed by atoms with van der Waals surface area (Å²) in [5.41, 5.74) is 4.03. The zero-order valence-corrected chi connectivity index (χ0v) is 16.0. The molecule has 30 heavy (non-hydrogen) atoms. The highest BCUT2D eigenvalue weighted by atomic mass is 16.5. The first-order chi connectivity index (χ1) is 14.5. The largest absolute Gasteiger partial charge is 0.508 e. The van der Waals surface area contributed by atoms with E-state index in [-0.39, 0.29) is 17.4 Å². The molecule has 4 N–H and O–H groups in total. The predicted molar refractivity (Wildman–Crippen MR) is 112 cm³/mol. The Balaban J connectivity index is 1.58. The topological polar surface area (TPSA) is 120 Å². The molecule has 0 aromatic heterocycles. The highest BCUT2D eigenvalue weighted by molar-refractivity contribution is 6.04. The predicted octanol–water partition coefficient (Wildman–Crippen LogP) is 3.12. The van der Waals surface area contributed by atoms with Crippen molar-refractivity contribution in [3.05, 3.63) is 83.4 Å². The molecule has 3 aromatic rings. The van der Waals surface area contributed by atoms with Gasteiger partial charge in [-0.25, -0.2) is 5.43 Å². The van der Waals surface area contributed by atoms with Gasteiger partial charge in [-0.05, 0) is 60.7 Å². The van der Waals surface area contributed by atoms with Crippen molar-refractivity contribution in [2.45, 2.75) is 0 Å². The third kappa shape index (κ3) is 5.14. The number of nitrogens with zero attached hydrogens (tertiary/aromatic N) is 1. The summed E-state index contributed by atoms with van der Waals surface area (Å²) in [5.74, 6) is -0.325. The molecular formula is C22H19N3O5. The summed E-state index contributed by atoms with van der Waals surface area (Å²) in [5, 5.41) is 25.5. The Kier molecular flexibility index (Phi) is 6.29. The summed E-state index contributed by atoms with van der Waals surface area (Å²) < 4.78 is 5.06. The zero-order valence-electron chi connectivity index (χ0n) is 16.0. The van der Waals surface area contributed by atoms with Gasteiger partial charge in [0.1, 0.15) is 17.2 Å². The number of ether oxygens (including phenoxy) is 1. The van der Waals surface area contributed by atoms with Crippen molar-refractivity contribution >= 4 is 23.7 Å². The summed E-state index contributed by atoms with van der Waals surface area (Å²) in [4.78, 5) is 24.4. The van der Waals surface area contributed by atoms with Gasteiger partial charge in [0.05, 0.1) is 13.3 Å². The molecule has 0 heterocycles. The van der Waals surface area contributed by atoms with Crippen LogP contribution in [0, 0.1) is 0 Å². The van der Waals surface area contributed by atoms with E-state index < -0.39 is 5.91 Å². The van der Waals surface area contributed by atoms with E-state index in [2.05, 4.69) is 15.8 Å². The van der Waals surface area contributed by atoms with Gasteiger partial charge in [0.25, 0.3) is 11.8 Å². The van der Waals surface area contributed by atoms with Gasteiger partial charge in [-0.2, -0.15) is 5.10 Å². The molecule has 0 unspecified atom stereocenters. The molecule has 8 nitrogen and oxygen atoms in total. The highest BCUT2D eigenvalue weighted by Gasteiger charge is 2.08. The number of hydrazone groups is 1. The number of amides is 2. The minimum atomic E-state index is -0.461. The number of anilines is 1. The molecule has 0 spiro atoms. The van der Waals surface area contributed by atoms with Crippen LogP contribution in [0.3, 0.4) is 0 Å². The van der Waals surface area contributed by atoms with Gasteiger partial charge < -0.3 is 20.3 Å². The third-order valence-corrected chi connectivity index (χ3v) is 4.14. The van der Waals surface area contributed by atoms with Crippen LogP contribution < -0.4 is 15.5 Å². The van der Waals surface area contributed by atoms with Crippen molar-refractivity contribution in [2.75, 3.05) is 12.4 Å². The van der Waals surface area contributed by atoms with Crippen molar-refractivity contribution < 1.29 is 24.5 Å². The number of benzene rings is 3. The van der Waals surface area contributed by atoms with E-state index >= 15 is 0 Å². The number of rotatable bonds is 6. The van der Waals surface area contributed by atoms with Gasteiger partial charge >= 0.3 is 0 Å². The van der Waals surface area contributed by atoms with E-state index in [1.165, 1.54) is 24.4 Å². The maximum absolute atomic E-state index is 12.3. The van der Waals surface area contributed by atoms with E-state index in [0.717, 1.165) is 0 Å². The Morgan fingerprint density at radius 1 is 0.900 bits per heavy atom. The fourth-order valence-electron chi connectivity index (χ4n) is 2.52. The maximum Gasteiger partial charge on any atom is 0.271 e. The van der Waals surface area contributed by atoms with Gasteiger partial charge in [0, 0.05) is 28.4 Å². The number of nitrogens with one attached hydrogen (secondary N) is 2. The first-order valence-electron chi connectivity index (χ1n) is 8.87. The Hall–Kier alpha value is -4.33. The van der Waals surface area contributed by atoms with Crippen LogP contribution in [0.4, 0.5) is 5.69 Å². The van der Waals surface area contributed by atoms with Crippen LogP contribution in [0.15, 0.2) is 71.8 Å². The number of hydrogen-bond acceptors (Lipinski definition) is 6. The fourth-order valence-corrected chi connectivity index (χ4v) is 2.52. The first kappa shape index (κ1) is 20.4. The van der Waals surface area contributed by atoms with Crippen LogP contribution in [0.1, 0.15) is 26.3 Å². The number of phenols is 2. The third-order valence-electron chi connectivity index (χ3n) is 4.14. The molecule has 8 heteroatoms. The van der Waals surface area contributed by atoms with Crippen molar-refractivity contribution in [2.24, 2.45) is 5.10 Å². The van der Waals surface area contributed by atoms with Gasteiger partial charge in [0.2, 0.25) is 0 Å². The summed E-state index contributed by atoms with van der Waals surface area (Å²) in [7, 11) is 1.55. The van der Waals surface area contributed by atoms with Crippen LogP contribution in [0.25, 0.3) is 0 Å². The molecule has 0 fully saturated rings. The van der Waals surface area contributed by atoms with Gasteiger partial charge in [-0.3, -0.25) is 9.59 Å². The van der Waals surface area contributed by atoms with Crippen LogP contribution in [-0.2, 0) is 0 Å². The number of carbonyl (C=O) groups is 2. The fraction of sp³-hybridized carbons (Fsp3) is 0.0455. The molecule has 3 rings (SSSR count). The lowest BCUT2D eigenvalue weighted by Gasteiger charge is -2.07. The van der Waals surface area contributed by atoms with E-state index in [4.69, 9.17) is 4.74 Å². The first-order valence-corrected chi connectivity index (χ1v) is 8.87. The Morgan fingerprint density at radius 3 is 2.17 bits per heavy atom. The van der Waals surface area contributed by atoms with Crippen molar-refractivity contribution in [3.8, 4) is 17.2 Å². The van der Waals surface area contributed by atoms with E-state index in [9.17, 15) is 19.8 Å². The molecule has 0 aliphatic carbocycles. The second kappa shape index (κ2) is 9.24. The van der Waals surface area contributed by atoms with E-state index in [1.54, 1.807) is 55.6 Å². The average molecular weight is 405 g/mol. The molecule has 0 saturated heterocycles. The molecule has 0 radical (unpaired) electrons. The Bertz CT molecular complexity index is 1080. The number of aromatic hydroxyl groups is 2. The molecule has 0 saturated carbocycles. The maximum atomic E-state index is 12.3. The molecular weight excluding hydrogens is 386 g/mol. The highest BCUT2D eigenvalue weighted by Crippen LogP contribution is 2.20. The summed E-state index contributed by atoms with van der Waals surface area (Å²) in [6.07, 6.45) is 1.26. The normalized spacial score (nSPS) is 10.6. The molecule has 0 aliphatic rings. The van der Waals surface area contributed by atoms with Crippen molar-refractivity contribution in [3.63, 3.8) is 0 Å². The quantitative estimate of drug-likeness (QED) is 0.371. The number of methoxy groups -OCH3 is 1. The number of phenolic OH excluding ortho intramolecular Hbond substituents is 2. The van der Waals surface area contributed by atoms with Crippen LogP contribution in [0.5, 0.6) is 17.2 Å². The van der Waals surface area contributed by atoms with Crippen molar-refractivity contribution in [1.82, 2.24) is 5.43 Å². The number of carbonyl (C=O) groups excluding carboxylic acids is 2. The average Bonchev–Trinajstić information content (AvgIpc) is 2.75. The second-order valence-corrected chi connectivity index (χ2v) is 6.20. The minimum absolute atomic E-state index is 0.0761. The van der Waals surface area contributed by atoms with Gasteiger partial charge in [0.15, 0.2) is 0 Å². The lowest BCUT2D eigenvalue weighted by molar-refractivity contribution is 0.0954. The van der Waals surface area contributed by atoms with Gasteiger partial charge in [-0.15, -0.1) is 0 Å². The Labute approximate surface area is 172 Å². The van der Waals surface area contributed by atoms with Crippen LogP contribution >= 0.6 is 0 Å². The smallest absolute Gasteiger partial charge is 0.271 e. The standard InChI is InChI=1S/C22H19N3O5/c1-30-19-10-5-14(6-11-19)21(28)24-17-7-2-15(3-8-17)22(29)25-23-13-16-4-9-18(26)12-20(16)27/h2-13,26-27H,1H3,(H,24,28)(H,25,29). The molecule has 152 valence electrons. The minimum Gasteiger partial charge on any atom is -0.508 e. The monoisotopic (exact) mass is 405 g/mol. The van der Waals surface area contributed by atoms with Crippen LogP contribution in [0.2, 0.25) is 0 Å². The number of hydrogen-bond donors (Lipinski definition) is 4. The van der Waals surface area contributed by atoms with E-state index in [0.29, 0.717) is 28.1 Å². The zero-order chi connectivity index (χ0) is 21.5. The summed E-state index contributed by atoms with van der Waals surface area (Å²) >= 11 is 0. The van der Waals surface area contributed by atoms with E-state index in [1.807, 2.05) is 0 Å². The lowest BCUT2D eigenvalue weighted by atomic mass is 10.1. The van der Waals surface area contributed by atoms with Gasteiger partial charge in [-0.1, -0.05) is 0 Å². The molecule has 0 atom stereocenters. The molecule has 0 bridgehead atoms. The summed E-state index contributed by atoms with van der Waals surface area (Å²) in [6, 6.07) is 17.0. The lowest BCUT2D eigenvalue weighted by Crippen LogP contribution is -2.17. The molecule has 0 aliphatic heterocycles. The van der Waals surface area contributed by atoms with Crippen molar-refractivity contribution in [1.29, 1.82) is 0 Å². The second-order valence-electron chi connectivity index (χ2n) is 6.20. The SMILES string of the molecule is COc1ccc(C(=O)Nc2ccc(C(=O)NN=Cc3ccc(O)cc3O)cc2)cc1.